The average Bonchev–Trinajstić information content (AvgIpc) is 2.62. The lowest BCUT2D eigenvalue weighted by Gasteiger charge is -2.11. The van der Waals surface area contributed by atoms with Gasteiger partial charge in [0.05, 0.1) is 21.1 Å². The molecule has 0 saturated heterocycles. The first-order chi connectivity index (χ1) is 8.90. The van der Waals surface area contributed by atoms with Crippen molar-refractivity contribution in [3.8, 4) is 0 Å². The molecule has 1 aromatic carbocycles. The number of benzene rings is 1. The summed E-state index contributed by atoms with van der Waals surface area (Å²) < 4.78 is 1.76. The molecular weight excluding hydrogens is 287 g/mol. The summed E-state index contributed by atoms with van der Waals surface area (Å²) in [6, 6.07) is 3.38. The number of fused-ring (bicyclic) bond motifs is 1. The molecule has 0 saturated carbocycles. The van der Waals surface area contributed by atoms with E-state index in [1.54, 1.807) is 35.7 Å². The van der Waals surface area contributed by atoms with Crippen LogP contribution in [0.4, 0.5) is 5.95 Å². The summed E-state index contributed by atoms with van der Waals surface area (Å²) in [6.45, 7) is 0.456. The lowest BCUT2D eigenvalue weighted by Crippen LogP contribution is -2.23. The zero-order chi connectivity index (χ0) is 14.2. The predicted molar refractivity (Wildman–Crippen MR) is 77.5 cm³/mol. The van der Waals surface area contributed by atoms with E-state index in [-0.39, 0.29) is 5.91 Å². The molecule has 0 aliphatic carbocycles. The number of nitrogens with zero attached hydrogens (tertiary/aromatic N) is 3. The van der Waals surface area contributed by atoms with Gasteiger partial charge in [-0.05, 0) is 12.1 Å². The SMILES string of the molecule is CN(C)C(=O)CCn1c(N)nc2cc(Cl)c(Cl)cc21. The van der Waals surface area contributed by atoms with E-state index in [1.165, 1.54) is 0 Å². The number of carbonyl (C=O) groups is 1. The Bertz CT molecular complexity index is 636. The summed E-state index contributed by atoms with van der Waals surface area (Å²) in [5.41, 5.74) is 7.30. The molecule has 2 N–H and O–H groups in total. The van der Waals surface area contributed by atoms with Crippen molar-refractivity contribution < 1.29 is 4.79 Å². The van der Waals surface area contributed by atoms with E-state index in [0.29, 0.717) is 34.5 Å². The molecule has 0 radical (unpaired) electrons. The lowest BCUT2D eigenvalue weighted by atomic mass is 10.3. The van der Waals surface area contributed by atoms with Crippen molar-refractivity contribution in [3.63, 3.8) is 0 Å². The number of amides is 1. The molecule has 1 heterocycles. The number of aromatic nitrogens is 2. The highest BCUT2D eigenvalue weighted by molar-refractivity contribution is 6.42. The lowest BCUT2D eigenvalue weighted by molar-refractivity contribution is -0.128. The van der Waals surface area contributed by atoms with E-state index in [9.17, 15) is 4.79 Å². The molecule has 0 spiro atoms. The first-order valence-electron chi connectivity index (χ1n) is 5.71. The number of carbonyl (C=O) groups excluding carboxylic acids is 1. The molecule has 0 atom stereocenters. The zero-order valence-electron chi connectivity index (χ0n) is 10.7. The molecule has 5 nitrogen and oxygen atoms in total. The number of nitrogens with two attached hydrogens (primary N) is 1. The molecule has 2 rings (SSSR count). The molecular formula is C12H14Cl2N4O. The maximum Gasteiger partial charge on any atom is 0.223 e. The molecule has 19 heavy (non-hydrogen) atoms. The molecule has 1 aromatic heterocycles. The molecule has 0 unspecified atom stereocenters. The van der Waals surface area contributed by atoms with Crippen LogP contribution in [0.25, 0.3) is 11.0 Å². The van der Waals surface area contributed by atoms with Gasteiger partial charge in [-0.3, -0.25) is 4.79 Å². The average molecular weight is 301 g/mol. The molecule has 2 aromatic rings. The maximum absolute atomic E-state index is 11.6. The molecule has 7 heteroatoms. The Balaban J connectivity index is 2.35. The van der Waals surface area contributed by atoms with E-state index < -0.39 is 0 Å². The van der Waals surface area contributed by atoms with E-state index in [1.807, 2.05) is 0 Å². The normalized spacial score (nSPS) is 10.9. The van der Waals surface area contributed by atoms with E-state index in [2.05, 4.69) is 4.98 Å². The fraction of sp³-hybridized carbons (Fsp3) is 0.333. The van der Waals surface area contributed by atoms with Gasteiger partial charge in [-0.25, -0.2) is 4.98 Å². The van der Waals surface area contributed by atoms with Crippen LogP contribution >= 0.6 is 23.2 Å². The highest BCUT2D eigenvalue weighted by atomic mass is 35.5. The van der Waals surface area contributed by atoms with Crippen molar-refractivity contribution in [3.05, 3.63) is 22.2 Å². The van der Waals surface area contributed by atoms with E-state index in [0.717, 1.165) is 5.52 Å². The largest absolute Gasteiger partial charge is 0.369 e. The summed E-state index contributed by atoms with van der Waals surface area (Å²) >= 11 is 11.9. The quantitative estimate of drug-likeness (QED) is 0.947. The minimum Gasteiger partial charge on any atom is -0.369 e. The Morgan fingerprint density at radius 2 is 2.00 bits per heavy atom. The van der Waals surface area contributed by atoms with Crippen LogP contribution in [-0.2, 0) is 11.3 Å². The van der Waals surface area contributed by atoms with Gasteiger partial charge in [-0.2, -0.15) is 0 Å². The van der Waals surface area contributed by atoms with Gasteiger partial charge < -0.3 is 15.2 Å². The molecule has 102 valence electrons. The summed E-state index contributed by atoms with van der Waals surface area (Å²) in [6.07, 6.45) is 0.350. The van der Waals surface area contributed by atoms with Crippen LogP contribution in [0, 0.1) is 0 Å². The molecule has 0 aliphatic rings. The Labute approximate surface area is 120 Å². The van der Waals surface area contributed by atoms with Gasteiger partial charge in [0.2, 0.25) is 11.9 Å². The van der Waals surface area contributed by atoms with Gasteiger partial charge in [0.1, 0.15) is 0 Å². The number of imidazole rings is 1. The predicted octanol–water partition coefficient (Wildman–Crippen LogP) is 2.40. The molecule has 0 fully saturated rings. The first kappa shape index (κ1) is 14.0. The summed E-state index contributed by atoms with van der Waals surface area (Å²) in [7, 11) is 3.43. The van der Waals surface area contributed by atoms with Gasteiger partial charge in [-0.1, -0.05) is 23.2 Å². The van der Waals surface area contributed by atoms with Crippen LogP contribution in [0.3, 0.4) is 0 Å². The minimum atomic E-state index is 0.0290. The van der Waals surface area contributed by atoms with Gasteiger partial charge in [0, 0.05) is 27.1 Å². The van der Waals surface area contributed by atoms with Crippen molar-refractivity contribution >= 4 is 46.1 Å². The minimum absolute atomic E-state index is 0.0290. The number of halogens is 2. The van der Waals surface area contributed by atoms with Crippen molar-refractivity contribution in [2.45, 2.75) is 13.0 Å². The fourth-order valence-electron chi connectivity index (χ4n) is 1.80. The Kier molecular flexibility index (Phi) is 3.87. The summed E-state index contributed by atoms with van der Waals surface area (Å²) in [5.74, 6) is 0.376. The standard InChI is InChI=1S/C12H14Cl2N4O/c1-17(2)11(19)3-4-18-10-6-8(14)7(13)5-9(10)16-12(18)15/h5-6H,3-4H2,1-2H3,(H2,15,16). The number of nitrogen functional groups attached to an aromatic ring is 1. The van der Waals surface area contributed by atoms with Crippen molar-refractivity contribution in [1.29, 1.82) is 0 Å². The van der Waals surface area contributed by atoms with Crippen LogP contribution in [0.1, 0.15) is 6.42 Å². The van der Waals surface area contributed by atoms with Gasteiger partial charge in [0.25, 0.3) is 0 Å². The number of aryl methyl sites for hydroxylation is 1. The first-order valence-corrected chi connectivity index (χ1v) is 6.46. The van der Waals surface area contributed by atoms with Crippen molar-refractivity contribution in [2.24, 2.45) is 0 Å². The highest BCUT2D eigenvalue weighted by Gasteiger charge is 2.12. The number of hydrogen-bond donors (Lipinski definition) is 1. The number of hydrogen-bond acceptors (Lipinski definition) is 3. The highest BCUT2D eigenvalue weighted by Crippen LogP contribution is 2.29. The van der Waals surface area contributed by atoms with Crippen LogP contribution in [0.15, 0.2) is 12.1 Å². The molecule has 0 bridgehead atoms. The van der Waals surface area contributed by atoms with Crippen LogP contribution < -0.4 is 5.73 Å². The third-order valence-corrected chi connectivity index (χ3v) is 3.59. The maximum atomic E-state index is 11.6. The monoisotopic (exact) mass is 300 g/mol. The summed E-state index contributed by atoms with van der Waals surface area (Å²) in [4.78, 5) is 17.4. The number of anilines is 1. The van der Waals surface area contributed by atoms with Crippen LogP contribution in [0.5, 0.6) is 0 Å². The van der Waals surface area contributed by atoms with Crippen LogP contribution in [-0.4, -0.2) is 34.5 Å². The van der Waals surface area contributed by atoms with Gasteiger partial charge in [-0.15, -0.1) is 0 Å². The van der Waals surface area contributed by atoms with E-state index >= 15 is 0 Å². The van der Waals surface area contributed by atoms with Crippen molar-refractivity contribution in [2.75, 3.05) is 19.8 Å². The van der Waals surface area contributed by atoms with Crippen molar-refractivity contribution in [1.82, 2.24) is 14.5 Å². The Morgan fingerprint density at radius 3 is 2.63 bits per heavy atom. The van der Waals surface area contributed by atoms with Crippen LogP contribution in [0.2, 0.25) is 10.0 Å². The van der Waals surface area contributed by atoms with E-state index in [4.69, 9.17) is 28.9 Å². The third-order valence-electron chi connectivity index (χ3n) is 2.87. The van der Waals surface area contributed by atoms with Gasteiger partial charge in [0.15, 0.2) is 0 Å². The number of rotatable bonds is 3. The fourth-order valence-corrected chi connectivity index (χ4v) is 2.12. The second-order valence-electron chi connectivity index (χ2n) is 4.41. The smallest absolute Gasteiger partial charge is 0.223 e. The van der Waals surface area contributed by atoms with Gasteiger partial charge >= 0.3 is 0 Å². The molecule has 1 amide bonds. The Hall–Kier alpha value is -1.46. The summed E-state index contributed by atoms with van der Waals surface area (Å²) in [5, 5.41) is 0.873. The second kappa shape index (κ2) is 5.27. The topological polar surface area (TPSA) is 64.2 Å². The second-order valence-corrected chi connectivity index (χ2v) is 5.23. The Morgan fingerprint density at radius 1 is 1.37 bits per heavy atom. The third kappa shape index (κ3) is 2.77. The molecule has 0 aliphatic heterocycles. The zero-order valence-corrected chi connectivity index (χ0v) is 12.2.